The average Bonchev–Trinajstić information content (AvgIpc) is 2.69. The third-order valence-electron chi connectivity index (χ3n) is 3.89. The molecule has 0 atom stereocenters. The molecule has 0 spiro atoms. The van der Waals surface area contributed by atoms with Crippen LogP contribution in [0.3, 0.4) is 0 Å². The van der Waals surface area contributed by atoms with Gasteiger partial charge in [0.25, 0.3) is 0 Å². The van der Waals surface area contributed by atoms with Crippen LogP contribution in [0.25, 0.3) is 11.4 Å². The van der Waals surface area contributed by atoms with E-state index in [1.165, 1.54) is 0 Å². The molecule has 3 heterocycles. The maximum Gasteiger partial charge on any atom is 0.244 e. The van der Waals surface area contributed by atoms with Crippen molar-refractivity contribution < 1.29 is 9.59 Å². The van der Waals surface area contributed by atoms with Crippen molar-refractivity contribution in [2.75, 3.05) is 22.1 Å². The first-order chi connectivity index (χ1) is 12.8. The molecule has 0 aliphatic carbocycles. The van der Waals surface area contributed by atoms with E-state index in [9.17, 15) is 9.59 Å². The number of hydrogen-bond acceptors (Lipinski definition) is 6. The highest BCUT2D eigenvalue weighted by Gasteiger charge is 2.29. The number of anilines is 4. The molecule has 0 bridgehead atoms. The number of aromatic nitrogens is 3. The quantitative estimate of drug-likeness (QED) is 0.703. The van der Waals surface area contributed by atoms with E-state index in [-0.39, 0.29) is 18.3 Å². The summed E-state index contributed by atoms with van der Waals surface area (Å²) in [4.78, 5) is 38.1. The number of fused-ring (bicyclic) bond motifs is 1. The minimum absolute atomic E-state index is 0.112. The number of carbonyl (C=O) groups is 2. The van der Waals surface area contributed by atoms with E-state index in [0.717, 1.165) is 5.69 Å². The Morgan fingerprint density at radius 1 is 1.12 bits per heavy atom. The summed E-state index contributed by atoms with van der Waals surface area (Å²) in [6, 6.07) is 13.1. The maximum absolute atomic E-state index is 12.2. The van der Waals surface area contributed by atoms with Crippen LogP contribution in [0.15, 0.2) is 54.9 Å². The molecule has 128 valence electrons. The lowest BCUT2D eigenvalue weighted by molar-refractivity contribution is -0.115. The second-order valence-electron chi connectivity index (χ2n) is 5.57. The van der Waals surface area contributed by atoms with Gasteiger partial charge in [-0.2, -0.15) is 0 Å². The lowest BCUT2D eigenvalue weighted by Gasteiger charge is -2.30. The smallest absolute Gasteiger partial charge is 0.244 e. The van der Waals surface area contributed by atoms with E-state index < -0.39 is 0 Å². The number of benzene rings is 1. The largest absolute Gasteiger partial charge is 0.318 e. The summed E-state index contributed by atoms with van der Waals surface area (Å²) < 4.78 is 0. The van der Waals surface area contributed by atoms with E-state index in [4.69, 9.17) is 0 Å². The summed E-state index contributed by atoms with van der Waals surface area (Å²) >= 11 is 0. The van der Waals surface area contributed by atoms with Crippen LogP contribution in [0.2, 0.25) is 0 Å². The van der Waals surface area contributed by atoms with E-state index in [1.807, 2.05) is 36.4 Å². The highest BCUT2D eigenvalue weighted by molar-refractivity contribution is 6.06. The first kappa shape index (κ1) is 15.7. The third-order valence-corrected chi connectivity index (χ3v) is 3.89. The predicted molar refractivity (Wildman–Crippen MR) is 97.0 cm³/mol. The minimum atomic E-state index is -0.215. The van der Waals surface area contributed by atoms with Crippen molar-refractivity contribution in [3.8, 4) is 11.4 Å². The standard InChI is InChI=1S/C18H14N6O2/c25-11-20-17-15-18(23-16(22-17)12-5-4-8-19-9-12)24(10-14(26)21-15)13-6-2-1-3-7-13/h1-9,11H,10H2,(H,21,26)(H,20,22,23,25). The Hall–Kier alpha value is -3.81. The van der Waals surface area contributed by atoms with Crippen LogP contribution in [0.5, 0.6) is 0 Å². The van der Waals surface area contributed by atoms with Crippen molar-refractivity contribution in [3.63, 3.8) is 0 Å². The Bertz CT molecular complexity index is 962. The molecule has 0 unspecified atom stereocenters. The highest BCUT2D eigenvalue weighted by atomic mass is 16.2. The van der Waals surface area contributed by atoms with Crippen molar-refractivity contribution in [2.45, 2.75) is 0 Å². The van der Waals surface area contributed by atoms with Crippen LogP contribution in [-0.2, 0) is 9.59 Å². The van der Waals surface area contributed by atoms with Gasteiger partial charge >= 0.3 is 0 Å². The molecule has 0 fully saturated rings. The van der Waals surface area contributed by atoms with Crippen LogP contribution < -0.4 is 15.5 Å². The summed E-state index contributed by atoms with van der Waals surface area (Å²) in [6.07, 6.45) is 3.81. The number of nitrogens with one attached hydrogen (secondary N) is 2. The number of para-hydroxylation sites is 1. The Balaban J connectivity index is 1.92. The molecule has 2 amide bonds. The summed E-state index contributed by atoms with van der Waals surface area (Å²) in [6.45, 7) is 0.112. The fraction of sp³-hybridized carbons (Fsp3) is 0.0556. The Labute approximate surface area is 148 Å². The van der Waals surface area contributed by atoms with Gasteiger partial charge in [0, 0.05) is 23.6 Å². The van der Waals surface area contributed by atoms with Crippen LogP contribution in [0, 0.1) is 0 Å². The Morgan fingerprint density at radius 2 is 1.96 bits per heavy atom. The molecule has 0 saturated carbocycles. The van der Waals surface area contributed by atoms with Crippen LogP contribution in [0.4, 0.5) is 23.0 Å². The first-order valence-corrected chi connectivity index (χ1v) is 7.91. The minimum Gasteiger partial charge on any atom is -0.318 e. The number of pyridine rings is 1. The summed E-state index contributed by atoms with van der Waals surface area (Å²) in [5.74, 6) is 0.929. The molecule has 1 aliphatic rings. The van der Waals surface area contributed by atoms with Crippen LogP contribution >= 0.6 is 0 Å². The molecular formula is C18H14N6O2. The summed E-state index contributed by atoms with van der Waals surface area (Å²) in [7, 11) is 0. The van der Waals surface area contributed by atoms with Gasteiger partial charge in [0.2, 0.25) is 12.3 Å². The lowest BCUT2D eigenvalue weighted by Crippen LogP contribution is -2.36. The van der Waals surface area contributed by atoms with E-state index >= 15 is 0 Å². The van der Waals surface area contributed by atoms with Crippen molar-refractivity contribution >= 4 is 35.3 Å². The predicted octanol–water partition coefficient (Wildman–Crippen LogP) is 2.20. The monoisotopic (exact) mass is 346 g/mol. The normalized spacial score (nSPS) is 12.9. The topological polar surface area (TPSA) is 100 Å². The molecule has 8 heteroatoms. The van der Waals surface area contributed by atoms with Crippen molar-refractivity contribution in [2.24, 2.45) is 0 Å². The van der Waals surface area contributed by atoms with Crippen molar-refractivity contribution in [3.05, 3.63) is 54.9 Å². The zero-order chi connectivity index (χ0) is 17.9. The first-order valence-electron chi connectivity index (χ1n) is 7.91. The van der Waals surface area contributed by atoms with Gasteiger partial charge in [0.1, 0.15) is 12.2 Å². The molecule has 2 aromatic heterocycles. The number of hydrogen-bond donors (Lipinski definition) is 2. The van der Waals surface area contributed by atoms with Gasteiger partial charge in [-0.25, -0.2) is 9.97 Å². The van der Waals surface area contributed by atoms with Gasteiger partial charge in [0.05, 0.1) is 0 Å². The summed E-state index contributed by atoms with van der Waals surface area (Å²) in [5, 5.41) is 5.29. The molecule has 1 aliphatic heterocycles. The number of nitrogens with zero attached hydrogens (tertiary/aromatic N) is 4. The molecule has 1 aromatic carbocycles. The molecule has 0 radical (unpaired) electrons. The van der Waals surface area contributed by atoms with Gasteiger partial charge < -0.3 is 15.5 Å². The van der Waals surface area contributed by atoms with E-state index in [2.05, 4.69) is 25.6 Å². The molecule has 0 saturated heterocycles. The number of carbonyl (C=O) groups excluding carboxylic acids is 2. The molecule has 26 heavy (non-hydrogen) atoms. The summed E-state index contributed by atoms with van der Waals surface area (Å²) in [5.41, 5.74) is 1.88. The van der Waals surface area contributed by atoms with Gasteiger partial charge in [-0.05, 0) is 24.3 Å². The van der Waals surface area contributed by atoms with Crippen LogP contribution in [0.1, 0.15) is 0 Å². The molecule has 8 nitrogen and oxygen atoms in total. The van der Waals surface area contributed by atoms with E-state index in [0.29, 0.717) is 29.3 Å². The Morgan fingerprint density at radius 3 is 2.69 bits per heavy atom. The molecule has 3 aromatic rings. The lowest BCUT2D eigenvalue weighted by atomic mass is 10.2. The molecule has 2 N–H and O–H groups in total. The van der Waals surface area contributed by atoms with Crippen molar-refractivity contribution in [1.29, 1.82) is 0 Å². The SMILES string of the molecule is O=CNc1nc(-c2cccnc2)nc2c1NC(=O)CN2c1ccccc1. The molecule has 4 rings (SSSR count). The number of amides is 2. The fourth-order valence-electron chi connectivity index (χ4n) is 2.76. The fourth-order valence-corrected chi connectivity index (χ4v) is 2.76. The van der Waals surface area contributed by atoms with Gasteiger partial charge in [-0.15, -0.1) is 0 Å². The maximum atomic E-state index is 12.2. The number of rotatable bonds is 4. The van der Waals surface area contributed by atoms with Gasteiger partial charge in [-0.3, -0.25) is 14.6 Å². The van der Waals surface area contributed by atoms with Crippen molar-refractivity contribution in [1.82, 2.24) is 15.0 Å². The third kappa shape index (κ3) is 2.84. The second kappa shape index (κ2) is 6.60. The average molecular weight is 346 g/mol. The van der Waals surface area contributed by atoms with E-state index in [1.54, 1.807) is 23.4 Å². The molecular weight excluding hydrogens is 332 g/mol. The second-order valence-corrected chi connectivity index (χ2v) is 5.57. The van der Waals surface area contributed by atoms with Gasteiger partial charge in [0.15, 0.2) is 17.5 Å². The zero-order valence-corrected chi connectivity index (χ0v) is 13.6. The zero-order valence-electron chi connectivity index (χ0n) is 13.6. The van der Waals surface area contributed by atoms with Gasteiger partial charge in [-0.1, -0.05) is 18.2 Å². The Kier molecular flexibility index (Phi) is 3.98. The van der Waals surface area contributed by atoms with Crippen LogP contribution in [-0.4, -0.2) is 33.8 Å². The highest BCUT2D eigenvalue weighted by Crippen LogP contribution is 2.38.